The van der Waals surface area contributed by atoms with Crippen molar-refractivity contribution in [1.82, 2.24) is 4.90 Å². The van der Waals surface area contributed by atoms with Crippen LogP contribution in [0.5, 0.6) is 0 Å². The van der Waals surface area contributed by atoms with E-state index in [0.29, 0.717) is 6.54 Å². The molecule has 6 nitrogen and oxygen atoms in total. The fourth-order valence-corrected chi connectivity index (χ4v) is 6.80. The lowest BCUT2D eigenvalue weighted by molar-refractivity contribution is -0.143. The van der Waals surface area contributed by atoms with E-state index in [0.717, 1.165) is 32.1 Å². The average molecular weight is 329 g/mol. The normalized spacial score (nSPS) is 35.1. The monoisotopic (exact) mass is 329 g/mol. The Morgan fingerprint density at radius 1 is 1.09 bits per heavy atom. The molecule has 22 heavy (non-hydrogen) atoms. The number of rotatable bonds is 2. The molecule has 0 aromatic carbocycles. The van der Waals surface area contributed by atoms with E-state index in [4.69, 9.17) is 0 Å². The van der Waals surface area contributed by atoms with Gasteiger partial charge in [-0.05, 0) is 25.7 Å². The van der Waals surface area contributed by atoms with Crippen LogP contribution >= 0.6 is 0 Å². The van der Waals surface area contributed by atoms with E-state index in [2.05, 4.69) is 0 Å². The number of carboxylic acids is 1. The second-order valence-electron chi connectivity index (χ2n) is 6.91. The minimum absolute atomic E-state index is 0.00344. The third kappa shape index (κ3) is 2.33. The average Bonchev–Trinajstić information content (AvgIpc) is 3.03. The van der Waals surface area contributed by atoms with Crippen LogP contribution in [0, 0.1) is 11.8 Å². The van der Waals surface area contributed by atoms with Gasteiger partial charge in [-0.3, -0.25) is 9.59 Å². The summed E-state index contributed by atoms with van der Waals surface area (Å²) in [5.41, 5.74) is 0. The first-order valence-corrected chi connectivity index (χ1v) is 9.76. The van der Waals surface area contributed by atoms with Gasteiger partial charge in [0.1, 0.15) is 4.75 Å². The number of amides is 1. The van der Waals surface area contributed by atoms with Crippen molar-refractivity contribution >= 4 is 21.7 Å². The Labute approximate surface area is 130 Å². The van der Waals surface area contributed by atoms with Crippen LogP contribution < -0.4 is 0 Å². The van der Waals surface area contributed by atoms with Crippen molar-refractivity contribution < 1.29 is 23.1 Å². The van der Waals surface area contributed by atoms with Gasteiger partial charge < -0.3 is 10.0 Å². The number of sulfone groups is 1. The van der Waals surface area contributed by atoms with Crippen LogP contribution in [0.1, 0.15) is 44.9 Å². The molecule has 1 N–H and O–H groups in total. The Morgan fingerprint density at radius 2 is 1.77 bits per heavy atom. The van der Waals surface area contributed by atoms with Gasteiger partial charge in [0.25, 0.3) is 0 Å². The van der Waals surface area contributed by atoms with E-state index < -0.39 is 26.5 Å². The highest BCUT2D eigenvalue weighted by molar-refractivity contribution is 7.93. The molecule has 1 aliphatic carbocycles. The number of carboxylic acid groups (broad SMARTS) is 1. The van der Waals surface area contributed by atoms with Crippen LogP contribution in [0.4, 0.5) is 0 Å². The van der Waals surface area contributed by atoms with Crippen molar-refractivity contribution in [2.45, 2.75) is 49.7 Å². The number of likely N-dealkylation sites (tertiary alicyclic amines) is 1. The molecule has 124 valence electrons. The molecule has 3 aliphatic rings. The summed E-state index contributed by atoms with van der Waals surface area (Å²) in [5.74, 6) is -1.97. The number of hydrogen-bond acceptors (Lipinski definition) is 4. The second-order valence-corrected chi connectivity index (χ2v) is 9.36. The zero-order chi connectivity index (χ0) is 16.0. The lowest BCUT2D eigenvalue weighted by Crippen LogP contribution is -2.47. The fourth-order valence-electron chi connectivity index (χ4n) is 4.44. The molecular weight excluding hydrogens is 306 g/mol. The second kappa shape index (κ2) is 5.51. The molecule has 2 heterocycles. The standard InChI is InChI=1S/C15H23NO5S/c17-13(11-4-2-1-3-5-11)16-8-7-15(10-16)12(14(18)19)6-9-22(15,20)21/h11-12H,1-10H2,(H,18,19). The summed E-state index contributed by atoms with van der Waals surface area (Å²) in [6, 6.07) is 0. The third-order valence-corrected chi connectivity index (χ3v) is 8.39. The summed E-state index contributed by atoms with van der Waals surface area (Å²) in [4.78, 5) is 25.7. The van der Waals surface area contributed by atoms with Crippen molar-refractivity contribution in [2.24, 2.45) is 11.8 Å². The fraction of sp³-hybridized carbons (Fsp3) is 0.867. The van der Waals surface area contributed by atoms with Gasteiger partial charge >= 0.3 is 5.97 Å². The van der Waals surface area contributed by atoms with Crippen molar-refractivity contribution in [3.8, 4) is 0 Å². The van der Waals surface area contributed by atoms with Crippen molar-refractivity contribution in [1.29, 1.82) is 0 Å². The smallest absolute Gasteiger partial charge is 0.308 e. The molecule has 0 aromatic heterocycles. The summed E-state index contributed by atoms with van der Waals surface area (Å²) in [5, 5.41) is 9.38. The molecular formula is C15H23NO5S. The lowest BCUT2D eigenvalue weighted by Gasteiger charge is -2.29. The predicted molar refractivity (Wildman–Crippen MR) is 80.0 cm³/mol. The van der Waals surface area contributed by atoms with Crippen LogP contribution in [0.3, 0.4) is 0 Å². The highest BCUT2D eigenvalue weighted by Crippen LogP contribution is 2.45. The maximum Gasteiger partial charge on any atom is 0.308 e. The first kappa shape index (κ1) is 15.8. The van der Waals surface area contributed by atoms with Crippen molar-refractivity contribution in [2.75, 3.05) is 18.8 Å². The molecule has 2 unspecified atom stereocenters. The van der Waals surface area contributed by atoms with Gasteiger partial charge in [-0.1, -0.05) is 19.3 Å². The minimum atomic E-state index is -3.45. The summed E-state index contributed by atoms with van der Waals surface area (Å²) in [7, 11) is -3.45. The SMILES string of the molecule is O=C(O)C1CCS(=O)(=O)C12CCN(C(=O)C1CCCCC1)C2. The molecule has 1 amide bonds. The van der Waals surface area contributed by atoms with Gasteiger partial charge in [0.05, 0.1) is 11.7 Å². The molecule has 0 aromatic rings. The molecule has 1 spiro atoms. The highest BCUT2D eigenvalue weighted by Gasteiger charge is 2.61. The first-order chi connectivity index (χ1) is 10.4. The molecule has 2 aliphatic heterocycles. The molecule has 0 bridgehead atoms. The number of hydrogen-bond donors (Lipinski definition) is 1. The molecule has 2 saturated heterocycles. The van der Waals surface area contributed by atoms with Crippen molar-refractivity contribution in [3.63, 3.8) is 0 Å². The van der Waals surface area contributed by atoms with E-state index >= 15 is 0 Å². The van der Waals surface area contributed by atoms with Gasteiger partial charge in [0, 0.05) is 19.0 Å². The van der Waals surface area contributed by atoms with Crippen molar-refractivity contribution in [3.05, 3.63) is 0 Å². The zero-order valence-electron chi connectivity index (χ0n) is 12.7. The van der Waals surface area contributed by atoms with Gasteiger partial charge in [0.15, 0.2) is 9.84 Å². The predicted octanol–water partition coefficient (Wildman–Crippen LogP) is 1.06. The van der Waals surface area contributed by atoms with E-state index in [1.54, 1.807) is 4.90 Å². The summed E-state index contributed by atoms with van der Waals surface area (Å²) >= 11 is 0. The number of nitrogens with zero attached hydrogens (tertiary/aromatic N) is 1. The Hall–Kier alpha value is -1.11. The number of carbonyl (C=O) groups excluding carboxylic acids is 1. The molecule has 2 atom stereocenters. The summed E-state index contributed by atoms with van der Waals surface area (Å²) < 4.78 is 23.6. The van der Waals surface area contributed by atoms with Crippen LogP contribution in [0.15, 0.2) is 0 Å². The van der Waals surface area contributed by atoms with Crippen LogP contribution in [0.25, 0.3) is 0 Å². The Bertz CT molecular complexity index is 581. The summed E-state index contributed by atoms with van der Waals surface area (Å²) in [6.07, 6.45) is 5.43. The topological polar surface area (TPSA) is 91.8 Å². The Balaban J connectivity index is 1.80. The van der Waals surface area contributed by atoms with Gasteiger partial charge in [-0.15, -0.1) is 0 Å². The summed E-state index contributed by atoms with van der Waals surface area (Å²) in [6.45, 7) is 0.444. The van der Waals surface area contributed by atoms with Crippen LogP contribution in [-0.4, -0.2) is 53.9 Å². The largest absolute Gasteiger partial charge is 0.481 e. The molecule has 0 radical (unpaired) electrons. The molecule has 3 fully saturated rings. The molecule has 1 saturated carbocycles. The zero-order valence-corrected chi connectivity index (χ0v) is 13.5. The Morgan fingerprint density at radius 3 is 2.41 bits per heavy atom. The third-order valence-electron chi connectivity index (χ3n) is 5.76. The maximum absolute atomic E-state index is 12.6. The van der Waals surface area contributed by atoms with E-state index in [9.17, 15) is 23.1 Å². The van der Waals surface area contributed by atoms with Gasteiger partial charge in [0.2, 0.25) is 5.91 Å². The highest BCUT2D eigenvalue weighted by atomic mass is 32.2. The molecule has 7 heteroatoms. The Kier molecular flexibility index (Phi) is 3.95. The quantitative estimate of drug-likeness (QED) is 0.818. The van der Waals surface area contributed by atoms with Crippen LogP contribution in [-0.2, 0) is 19.4 Å². The van der Waals surface area contributed by atoms with Gasteiger partial charge in [-0.25, -0.2) is 8.42 Å². The minimum Gasteiger partial charge on any atom is -0.481 e. The molecule has 3 rings (SSSR count). The van der Waals surface area contributed by atoms with Gasteiger partial charge in [-0.2, -0.15) is 0 Å². The van der Waals surface area contributed by atoms with E-state index in [-0.39, 0.29) is 37.0 Å². The maximum atomic E-state index is 12.6. The number of aliphatic carboxylic acids is 1. The van der Waals surface area contributed by atoms with E-state index in [1.807, 2.05) is 0 Å². The van der Waals surface area contributed by atoms with E-state index in [1.165, 1.54) is 0 Å². The lowest BCUT2D eigenvalue weighted by atomic mass is 9.87. The van der Waals surface area contributed by atoms with Crippen LogP contribution in [0.2, 0.25) is 0 Å². The number of carbonyl (C=O) groups is 2. The first-order valence-electron chi connectivity index (χ1n) is 8.11.